The molecule has 0 aliphatic carbocycles. The number of aliphatic hydroxyl groups excluding tert-OH is 1. The van der Waals surface area contributed by atoms with Gasteiger partial charge in [-0.05, 0) is 36.8 Å². The number of aromatic nitrogens is 3. The number of nitrogens with zero attached hydrogens (tertiary/aromatic N) is 3. The van der Waals surface area contributed by atoms with Crippen LogP contribution in [0.1, 0.15) is 6.42 Å². The van der Waals surface area contributed by atoms with Crippen molar-refractivity contribution in [2.24, 2.45) is 0 Å². The standard InChI is InChI=1S/C18H17Cl2N5O/c19-13-8-14(20)10-15(9-13)23-17-11-16(12-2-5-21-6-3-12)24-18(25-17)22-4-1-7-26/h2-3,5-6,8-11,26H,1,4,7H2,(H2,22,23,24,25). The molecule has 3 N–H and O–H groups in total. The fourth-order valence-corrected chi connectivity index (χ4v) is 2.84. The molecule has 0 saturated carbocycles. The van der Waals surface area contributed by atoms with Crippen LogP contribution in [0.4, 0.5) is 17.5 Å². The van der Waals surface area contributed by atoms with E-state index in [9.17, 15) is 0 Å². The van der Waals surface area contributed by atoms with Gasteiger partial charge in [0.05, 0.1) is 5.69 Å². The van der Waals surface area contributed by atoms with Crippen LogP contribution in [0.15, 0.2) is 48.8 Å². The van der Waals surface area contributed by atoms with Gasteiger partial charge >= 0.3 is 0 Å². The van der Waals surface area contributed by atoms with Gasteiger partial charge in [-0.2, -0.15) is 4.98 Å². The number of rotatable bonds is 7. The Morgan fingerprint density at radius 1 is 0.962 bits per heavy atom. The molecule has 3 rings (SSSR count). The van der Waals surface area contributed by atoms with Gasteiger partial charge in [0.15, 0.2) is 0 Å². The maximum absolute atomic E-state index is 8.95. The first kappa shape index (κ1) is 18.4. The molecule has 8 heteroatoms. The second-order valence-corrected chi connectivity index (χ2v) is 6.36. The highest BCUT2D eigenvalue weighted by atomic mass is 35.5. The quantitative estimate of drug-likeness (QED) is 0.520. The Morgan fingerprint density at radius 3 is 2.38 bits per heavy atom. The molecular formula is C18H17Cl2N5O. The van der Waals surface area contributed by atoms with Crippen molar-refractivity contribution < 1.29 is 5.11 Å². The Kier molecular flexibility index (Phi) is 6.22. The lowest BCUT2D eigenvalue weighted by Gasteiger charge is -2.12. The molecule has 0 saturated heterocycles. The van der Waals surface area contributed by atoms with E-state index in [1.54, 1.807) is 30.6 Å². The molecule has 134 valence electrons. The van der Waals surface area contributed by atoms with Crippen LogP contribution in [0.25, 0.3) is 11.3 Å². The van der Waals surface area contributed by atoms with Crippen LogP contribution in [0.5, 0.6) is 0 Å². The van der Waals surface area contributed by atoms with Crippen molar-refractivity contribution in [1.29, 1.82) is 0 Å². The van der Waals surface area contributed by atoms with Crippen molar-refractivity contribution in [1.82, 2.24) is 15.0 Å². The fraction of sp³-hybridized carbons (Fsp3) is 0.167. The van der Waals surface area contributed by atoms with Crippen molar-refractivity contribution in [2.45, 2.75) is 6.42 Å². The zero-order chi connectivity index (χ0) is 18.4. The summed E-state index contributed by atoms with van der Waals surface area (Å²) >= 11 is 12.1. The average Bonchev–Trinajstić information content (AvgIpc) is 2.62. The third-order valence-electron chi connectivity index (χ3n) is 3.46. The monoisotopic (exact) mass is 389 g/mol. The van der Waals surface area contributed by atoms with Crippen molar-refractivity contribution >= 4 is 40.7 Å². The number of benzene rings is 1. The number of nitrogens with one attached hydrogen (secondary N) is 2. The summed E-state index contributed by atoms with van der Waals surface area (Å²) in [5, 5.41) is 16.3. The first-order valence-corrected chi connectivity index (χ1v) is 8.77. The van der Waals surface area contributed by atoms with Crippen molar-refractivity contribution in [3.8, 4) is 11.3 Å². The molecule has 3 aromatic rings. The third-order valence-corrected chi connectivity index (χ3v) is 3.89. The van der Waals surface area contributed by atoms with Crippen LogP contribution >= 0.6 is 23.2 Å². The van der Waals surface area contributed by atoms with Crippen LogP contribution in [0.2, 0.25) is 10.0 Å². The van der Waals surface area contributed by atoms with Crippen LogP contribution in [-0.4, -0.2) is 33.2 Å². The summed E-state index contributed by atoms with van der Waals surface area (Å²) in [6.07, 6.45) is 4.02. The summed E-state index contributed by atoms with van der Waals surface area (Å²) in [4.78, 5) is 13.0. The van der Waals surface area contributed by atoms with E-state index in [1.165, 1.54) is 0 Å². The lowest BCUT2D eigenvalue weighted by molar-refractivity contribution is 0.292. The van der Waals surface area contributed by atoms with E-state index in [2.05, 4.69) is 25.6 Å². The lowest BCUT2D eigenvalue weighted by Crippen LogP contribution is -2.08. The van der Waals surface area contributed by atoms with E-state index in [4.69, 9.17) is 28.3 Å². The molecule has 2 aromatic heterocycles. The number of hydrogen-bond acceptors (Lipinski definition) is 6. The zero-order valence-corrected chi connectivity index (χ0v) is 15.3. The topological polar surface area (TPSA) is 83.0 Å². The molecule has 0 amide bonds. The number of halogens is 2. The zero-order valence-electron chi connectivity index (χ0n) is 13.8. The smallest absolute Gasteiger partial charge is 0.225 e. The third kappa shape index (κ3) is 5.05. The van der Waals surface area contributed by atoms with Gasteiger partial charge in [-0.25, -0.2) is 4.98 Å². The van der Waals surface area contributed by atoms with Gasteiger partial charge in [0.25, 0.3) is 0 Å². The number of hydrogen-bond donors (Lipinski definition) is 3. The van der Waals surface area contributed by atoms with Gasteiger partial charge in [-0.15, -0.1) is 0 Å². The second kappa shape index (κ2) is 8.80. The maximum atomic E-state index is 8.95. The molecule has 0 fully saturated rings. The lowest BCUT2D eigenvalue weighted by atomic mass is 10.2. The van der Waals surface area contributed by atoms with E-state index < -0.39 is 0 Å². The highest BCUT2D eigenvalue weighted by molar-refractivity contribution is 6.35. The summed E-state index contributed by atoms with van der Waals surface area (Å²) in [5.74, 6) is 1.06. The van der Waals surface area contributed by atoms with E-state index in [-0.39, 0.29) is 6.61 Å². The molecule has 6 nitrogen and oxygen atoms in total. The predicted octanol–water partition coefficient (Wildman–Crippen LogP) is 4.38. The fourth-order valence-electron chi connectivity index (χ4n) is 2.31. The van der Waals surface area contributed by atoms with Crippen LogP contribution in [-0.2, 0) is 0 Å². The number of pyridine rings is 1. The van der Waals surface area contributed by atoms with E-state index >= 15 is 0 Å². The normalized spacial score (nSPS) is 10.6. The average molecular weight is 390 g/mol. The SMILES string of the molecule is OCCCNc1nc(Nc2cc(Cl)cc(Cl)c2)cc(-c2ccncc2)n1. The Bertz CT molecular complexity index is 856. The van der Waals surface area contributed by atoms with Gasteiger partial charge in [0.2, 0.25) is 5.95 Å². The van der Waals surface area contributed by atoms with Gasteiger partial charge < -0.3 is 15.7 Å². The number of aliphatic hydroxyl groups is 1. The molecule has 0 atom stereocenters. The summed E-state index contributed by atoms with van der Waals surface area (Å²) in [6.45, 7) is 0.669. The molecular weight excluding hydrogens is 373 g/mol. The predicted molar refractivity (Wildman–Crippen MR) is 105 cm³/mol. The van der Waals surface area contributed by atoms with E-state index in [1.807, 2.05) is 18.2 Å². The Hall–Kier alpha value is -2.41. The molecule has 26 heavy (non-hydrogen) atoms. The van der Waals surface area contributed by atoms with Crippen LogP contribution in [0, 0.1) is 0 Å². The minimum atomic E-state index is 0.100. The van der Waals surface area contributed by atoms with Crippen LogP contribution < -0.4 is 10.6 Å². The maximum Gasteiger partial charge on any atom is 0.225 e. The molecule has 0 bridgehead atoms. The summed E-state index contributed by atoms with van der Waals surface area (Å²) < 4.78 is 0. The minimum absolute atomic E-state index is 0.100. The molecule has 0 aliphatic heterocycles. The minimum Gasteiger partial charge on any atom is -0.396 e. The summed E-state index contributed by atoms with van der Waals surface area (Å²) in [6, 6.07) is 10.8. The molecule has 0 radical (unpaired) electrons. The number of anilines is 3. The Labute approximate surface area is 161 Å². The summed E-state index contributed by atoms with van der Waals surface area (Å²) in [5.41, 5.74) is 2.38. The molecule has 2 heterocycles. The van der Waals surface area contributed by atoms with Crippen molar-refractivity contribution in [3.05, 3.63) is 58.8 Å². The summed E-state index contributed by atoms with van der Waals surface area (Å²) in [7, 11) is 0. The van der Waals surface area contributed by atoms with E-state index in [0.29, 0.717) is 34.8 Å². The molecule has 0 aliphatic rings. The first-order valence-electron chi connectivity index (χ1n) is 8.01. The molecule has 0 unspecified atom stereocenters. The van der Waals surface area contributed by atoms with Gasteiger partial charge in [0.1, 0.15) is 5.82 Å². The van der Waals surface area contributed by atoms with Crippen LogP contribution in [0.3, 0.4) is 0 Å². The molecule has 1 aromatic carbocycles. The molecule has 0 spiro atoms. The Morgan fingerprint density at radius 2 is 1.69 bits per heavy atom. The first-order chi connectivity index (χ1) is 12.6. The highest BCUT2D eigenvalue weighted by Crippen LogP contribution is 2.27. The van der Waals surface area contributed by atoms with Gasteiger partial charge in [-0.3, -0.25) is 4.98 Å². The largest absolute Gasteiger partial charge is 0.396 e. The van der Waals surface area contributed by atoms with Crippen molar-refractivity contribution in [3.63, 3.8) is 0 Å². The Balaban J connectivity index is 1.93. The van der Waals surface area contributed by atoms with Gasteiger partial charge in [-0.1, -0.05) is 23.2 Å². The van der Waals surface area contributed by atoms with E-state index in [0.717, 1.165) is 16.9 Å². The van der Waals surface area contributed by atoms with Gasteiger partial charge in [0, 0.05) is 52.9 Å². The second-order valence-electron chi connectivity index (χ2n) is 5.48. The highest BCUT2D eigenvalue weighted by Gasteiger charge is 2.08. The van der Waals surface area contributed by atoms with Crippen molar-refractivity contribution in [2.75, 3.05) is 23.8 Å².